The van der Waals surface area contributed by atoms with Crippen LogP contribution in [0.3, 0.4) is 0 Å². The average molecular weight is 269 g/mol. The molecule has 0 aromatic heterocycles. The number of likely N-dealkylation sites (tertiary alicyclic amines) is 1. The second kappa shape index (κ2) is 4.64. The van der Waals surface area contributed by atoms with Crippen molar-refractivity contribution in [3.8, 4) is 0 Å². The van der Waals surface area contributed by atoms with Gasteiger partial charge in [-0.2, -0.15) is 0 Å². The van der Waals surface area contributed by atoms with Crippen LogP contribution in [0.5, 0.6) is 0 Å². The van der Waals surface area contributed by atoms with Gasteiger partial charge in [-0.15, -0.1) is 0 Å². The number of rotatable bonds is 2. The summed E-state index contributed by atoms with van der Waals surface area (Å²) in [6.45, 7) is 5.30. The van der Waals surface area contributed by atoms with E-state index in [4.69, 9.17) is 5.73 Å². The van der Waals surface area contributed by atoms with E-state index in [1.165, 1.54) is 15.6 Å². The Hall–Kier alpha value is -0.380. The van der Waals surface area contributed by atoms with Crippen molar-refractivity contribution in [1.82, 2.24) is 4.90 Å². The summed E-state index contributed by atoms with van der Waals surface area (Å²) in [5.41, 5.74) is 8.53. The molecule has 2 rings (SSSR count). The third-order valence-corrected chi connectivity index (χ3v) is 3.81. The normalized spacial score (nSPS) is 22.2. The van der Waals surface area contributed by atoms with Gasteiger partial charge in [0.15, 0.2) is 0 Å². The van der Waals surface area contributed by atoms with Crippen LogP contribution < -0.4 is 5.73 Å². The first-order chi connectivity index (χ1) is 7.15. The van der Waals surface area contributed by atoms with E-state index in [0.717, 1.165) is 26.1 Å². The van der Waals surface area contributed by atoms with Crippen molar-refractivity contribution in [1.29, 1.82) is 0 Å². The molecule has 0 saturated carbocycles. The number of nitrogens with zero attached hydrogens (tertiary/aromatic N) is 1. The number of hydrogen-bond donors (Lipinski definition) is 1. The van der Waals surface area contributed by atoms with Crippen LogP contribution in [0.15, 0.2) is 22.7 Å². The lowest BCUT2D eigenvalue weighted by atomic mass is 10.1. The largest absolute Gasteiger partial charge is 0.326 e. The highest BCUT2D eigenvalue weighted by Gasteiger charge is 2.18. The zero-order chi connectivity index (χ0) is 10.8. The Morgan fingerprint density at radius 3 is 2.93 bits per heavy atom. The SMILES string of the molecule is Cc1ccc(CN2CC[C@H](N)C2)cc1Br. The first-order valence-electron chi connectivity index (χ1n) is 5.38. The minimum Gasteiger partial charge on any atom is -0.326 e. The molecule has 82 valence electrons. The molecule has 1 aliphatic heterocycles. The molecule has 2 N–H and O–H groups in total. The van der Waals surface area contributed by atoms with Crippen LogP contribution in [0, 0.1) is 6.92 Å². The molecule has 0 radical (unpaired) electrons. The average Bonchev–Trinajstić information content (AvgIpc) is 2.58. The van der Waals surface area contributed by atoms with Crippen molar-refractivity contribution in [2.75, 3.05) is 13.1 Å². The van der Waals surface area contributed by atoms with E-state index in [1.54, 1.807) is 0 Å². The van der Waals surface area contributed by atoms with E-state index in [1.807, 2.05) is 0 Å². The van der Waals surface area contributed by atoms with E-state index in [2.05, 4.69) is 46.0 Å². The lowest BCUT2D eigenvalue weighted by Gasteiger charge is -2.15. The van der Waals surface area contributed by atoms with Gasteiger partial charge in [-0.05, 0) is 30.5 Å². The van der Waals surface area contributed by atoms with Crippen LogP contribution >= 0.6 is 15.9 Å². The Kier molecular flexibility index (Phi) is 3.44. The Bertz CT molecular complexity index is 351. The molecule has 2 nitrogen and oxygen atoms in total. The first-order valence-corrected chi connectivity index (χ1v) is 6.17. The van der Waals surface area contributed by atoms with Crippen molar-refractivity contribution in [3.05, 3.63) is 33.8 Å². The topological polar surface area (TPSA) is 29.3 Å². The van der Waals surface area contributed by atoms with Gasteiger partial charge in [-0.3, -0.25) is 4.90 Å². The fourth-order valence-corrected chi connectivity index (χ4v) is 2.43. The molecule has 0 spiro atoms. The minimum atomic E-state index is 0.374. The Labute approximate surface area is 99.6 Å². The summed E-state index contributed by atoms with van der Waals surface area (Å²) < 4.78 is 1.20. The van der Waals surface area contributed by atoms with Gasteiger partial charge in [0.2, 0.25) is 0 Å². The van der Waals surface area contributed by atoms with Crippen LogP contribution in [-0.2, 0) is 6.54 Å². The maximum absolute atomic E-state index is 5.88. The van der Waals surface area contributed by atoms with E-state index in [9.17, 15) is 0 Å². The van der Waals surface area contributed by atoms with Crippen molar-refractivity contribution in [2.45, 2.75) is 25.9 Å². The second-order valence-electron chi connectivity index (χ2n) is 4.37. The summed E-state index contributed by atoms with van der Waals surface area (Å²) in [7, 11) is 0. The molecule has 1 heterocycles. The van der Waals surface area contributed by atoms with Crippen LogP contribution in [-0.4, -0.2) is 24.0 Å². The van der Waals surface area contributed by atoms with Gasteiger partial charge in [-0.25, -0.2) is 0 Å². The third-order valence-electron chi connectivity index (χ3n) is 2.95. The highest BCUT2D eigenvalue weighted by molar-refractivity contribution is 9.10. The van der Waals surface area contributed by atoms with Crippen molar-refractivity contribution >= 4 is 15.9 Å². The van der Waals surface area contributed by atoms with Crippen molar-refractivity contribution in [2.24, 2.45) is 5.73 Å². The van der Waals surface area contributed by atoms with E-state index in [-0.39, 0.29) is 0 Å². The van der Waals surface area contributed by atoms with E-state index >= 15 is 0 Å². The zero-order valence-electron chi connectivity index (χ0n) is 9.04. The number of aryl methyl sites for hydroxylation is 1. The highest BCUT2D eigenvalue weighted by Crippen LogP contribution is 2.19. The summed E-state index contributed by atoms with van der Waals surface area (Å²) in [5, 5.41) is 0. The third kappa shape index (κ3) is 2.80. The van der Waals surface area contributed by atoms with Crippen LogP contribution in [0.25, 0.3) is 0 Å². The lowest BCUT2D eigenvalue weighted by Crippen LogP contribution is -2.26. The summed E-state index contributed by atoms with van der Waals surface area (Å²) in [6.07, 6.45) is 1.13. The maximum Gasteiger partial charge on any atom is 0.0234 e. The molecule has 0 aliphatic carbocycles. The molecule has 0 unspecified atom stereocenters. The van der Waals surface area contributed by atoms with Gasteiger partial charge in [0.25, 0.3) is 0 Å². The molecule has 3 heteroatoms. The first kappa shape index (κ1) is 11.1. The van der Waals surface area contributed by atoms with Crippen molar-refractivity contribution < 1.29 is 0 Å². The second-order valence-corrected chi connectivity index (χ2v) is 5.22. The Morgan fingerprint density at radius 1 is 1.53 bits per heavy atom. The summed E-state index contributed by atoms with van der Waals surface area (Å²) >= 11 is 3.56. The molecule has 1 aliphatic rings. The predicted octanol–water partition coefficient (Wildman–Crippen LogP) is 2.29. The predicted molar refractivity (Wildman–Crippen MR) is 66.7 cm³/mol. The van der Waals surface area contributed by atoms with Gasteiger partial charge in [0.05, 0.1) is 0 Å². The lowest BCUT2D eigenvalue weighted by molar-refractivity contribution is 0.327. The molecule has 1 aromatic carbocycles. The molecular weight excluding hydrogens is 252 g/mol. The van der Waals surface area contributed by atoms with E-state index in [0.29, 0.717) is 6.04 Å². The monoisotopic (exact) mass is 268 g/mol. The van der Waals surface area contributed by atoms with Gasteiger partial charge < -0.3 is 5.73 Å². The molecule has 1 aromatic rings. The fourth-order valence-electron chi connectivity index (χ4n) is 2.00. The van der Waals surface area contributed by atoms with Gasteiger partial charge in [-0.1, -0.05) is 28.1 Å². The molecular formula is C12H17BrN2. The number of benzene rings is 1. The quantitative estimate of drug-likeness (QED) is 0.892. The molecule has 1 fully saturated rings. The van der Waals surface area contributed by atoms with Gasteiger partial charge >= 0.3 is 0 Å². The summed E-state index contributed by atoms with van der Waals surface area (Å²) in [6, 6.07) is 6.94. The summed E-state index contributed by atoms with van der Waals surface area (Å²) in [4.78, 5) is 2.42. The smallest absolute Gasteiger partial charge is 0.0234 e. The summed E-state index contributed by atoms with van der Waals surface area (Å²) in [5.74, 6) is 0. The fraction of sp³-hybridized carbons (Fsp3) is 0.500. The molecule has 1 atom stereocenters. The van der Waals surface area contributed by atoms with Crippen LogP contribution in [0.1, 0.15) is 17.5 Å². The number of halogens is 1. The molecule has 0 bridgehead atoms. The maximum atomic E-state index is 5.88. The Morgan fingerprint density at radius 2 is 2.33 bits per heavy atom. The van der Waals surface area contributed by atoms with E-state index < -0.39 is 0 Å². The highest BCUT2D eigenvalue weighted by atomic mass is 79.9. The molecule has 1 saturated heterocycles. The minimum absolute atomic E-state index is 0.374. The van der Waals surface area contributed by atoms with Gasteiger partial charge in [0, 0.05) is 30.1 Å². The van der Waals surface area contributed by atoms with Crippen LogP contribution in [0.4, 0.5) is 0 Å². The number of hydrogen-bond acceptors (Lipinski definition) is 2. The standard InChI is InChI=1S/C12H17BrN2/c1-9-2-3-10(6-12(9)13)7-15-5-4-11(14)8-15/h2-3,6,11H,4-5,7-8,14H2,1H3/t11-/m0/s1. The molecule has 0 amide bonds. The number of nitrogens with two attached hydrogens (primary N) is 1. The van der Waals surface area contributed by atoms with Crippen molar-refractivity contribution in [3.63, 3.8) is 0 Å². The van der Waals surface area contributed by atoms with Gasteiger partial charge in [0.1, 0.15) is 0 Å². The van der Waals surface area contributed by atoms with Crippen LogP contribution in [0.2, 0.25) is 0 Å². The molecule has 15 heavy (non-hydrogen) atoms. The Balaban J connectivity index is 2.02. The zero-order valence-corrected chi connectivity index (χ0v) is 10.6.